The highest BCUT2D eigenvalue weighted by Crippen LogP contribution is 2.55. The minimum absolute atomic E-state index is 0.0399. The van der Waals surface area contributed by atoms with Crippen molar-refractivity contribution in [2.24, 2.45) is 11.8 Å². The van der Waals surface area contributed by atoms with E-state index >= 15 is 0 Å². The van der Waals surface area contributed by atoms with E-state index in [1.807, 2.05) is 48.5 Å². The number of alkyl carbamates (subject to hydrolysis) is 1. The standard InChI is InChI=1S/C26H28F2N2O5/c27-26(28)21(23(26)24(33)29-13-7-1-2-12-22(31)32)14-30-25(34)35-15-20-18-10-5-3-8-16(18)17-9-4-6-11-19(17)20/h3-6,8-11,20-21,23H,1-2,7,12-15H2,(H,29,33)(H,30,34)(H,31,32). The number of amides is 2. The number of halogens is 2. The number of benzene rings is 2. The summed E-state index contributed by atoms with van der Waals surface area (Å²) in [6.45, 7) is -0.0787. The molecule has 0 aliphatic heterocycles. The molecule has 2 aliphatic rings. The zero-order valence-electron chi connectivity index (χ0n) is 19.1. The van der Waals surface area contributed by atoms with Crippen molar-refractivity contribution in [2.75, 3.05) is 19.7 Å². The number of hydrogen-bond donors (Lipinski definition) is 3. The molecule has 2 aliphatic carbocycles. The number of carboxylic acids is 1. The number of alkyl halides is 2. The van der Waals surface area contributed by atoms with Crippen LogP contribution in [0.25, 0.3) is 11.1 Å². The third-order valence-electron chi connectivity index (χ3n) is 6.66. The maximum Gasteiger partial charge on any atom is 0.407 e. The Balaban J connectivity index is 1.21. The van der Waals surface area contributed by atoms with Crippen LogP contribution in [0.4, 0.5) is 13.6 Å². The van der Waals surface area contributed by atoms with Crippen molar-refractivity contribution >= 4 is 18.0 Å². The summed E-state index contributed by atoms with van der Waals surface area (Å²) in [5, 5.41) is 13.4. The predicted octanol–water partition coefficient (Wildman–Crippen LogP) is 4.17. The number of fused-ring (bicyclic) bond motifs is 3. The minimum atomic E-state index is -3.19. The second kappa shape index (κ2) is 10.4. The third kappa shape index (κ3) is 5.44. The van der Waals surface area contributed by atoms with E-state index in [1.165, 1.54) is 0 Å². The molecule has 0 aromatic heterocycles. The van der Waals surface area contributed by atoms with Gasteiger partial charge in [-0.1, -0.05) is 55.0 Å². The van der Waals surface area contributed by atoms with Crippen molar-refractivity contribution in [3.05, 3.63) is 59.7 Å². The molecule has 1 saturated carbocycles. The molecule has 186 valence electrons. The zero-order valence-corrected chi connectivity index (χ0v) is 19.1. The van der Waals surface area contributed by atoms with Gasteiger partial charge in [0.15, 0.2) is 0 Å². The summed E-state index contributed by atoms with van der Waals surface area (Å²) in [6, 6.07) is 15.8. The van der Waals surface area contributed by atoms with E-state index in [-0.39, 0.29) is 32.0 Å². The van der Waals surface area contributed by atoms with Crippen LogP contribution in [0.1, 0.15) is 42.7 Å². The van der Waals surface area contributed by atoms with E-state index in [4.69, 9.17) is 9.84 Å². The Labute approximate surface area is 201 Å². The second-order valence-corrected chi connectivity index (χ2v) is 8.96. The van der Waals surface area contributed by atoms with Gasteiger partial charge in [-0.05, 0) is 35.1 Å². The Kier molecular flexibility index (Phi) is 7.33. The Morgan fingerprint density at radius 3 is 2.17 bits per heavy atom. The van der Waals surface area contributed by atoms with Crippen molar-refractivity contribution in [2.45, 2.75) is 37.5 Å². The van der Waals surface area contributed by atoms with E-state index in [2.05, 4.69) is 10.6 Å². The molecule has 9 heteroatoms. The van der Waals surface area contributed by atoms with Crippen LogP contribution in [0, 0.1) is 11.8 Å². The van der Waals surface area contributed by atoms with Crippen LogP contribution in [0.15, 0.2) is 48.5 Å². The number of nitrogens with one attached hydrogen (secondary N) is 2. The number of unbranched alkanes of at least 4 members (excludes halogenated alkanes) is 2. The first-order valence-corrected chi connectivity index (χ1v) is 11.8. The average Bonchev–Trinajstić information content (AvgIpc) is 3.24. The maximum absolute atomic E-state index is 14.1. The highest BCUT2D eigenvalue weighted by Gasteiger charge is 2.71. The van der Waals surface area contributed by atoms with E-state index in [0.717, 1.165) is 22.3 Å². The van der Waals surface area contributed by atoms with Crippen molar-refractivity contribution in [3.63, 3.8) is 0 Å². The van der Waals surface area contributed by atoms with Gasteiger partial charge in [0.25, 0.3) is 5.92 Å². The third-order valence-corrected chi connectivity index (χ3v) is 6.66. The quantitative estimate of drug-likeness (QED) is 0.414. The smallest absolute Gasteiger partial charge is 0.407 e. The van der Waals surface area contributed by atoms with Gasteiger partial charge in [-0.2, -0.15) is 0 Å². The summed E-state index contributed by atoms with van der Waals surface area (Å²) in [4.78, 5) is 34.8. The molecule has 2 aromatic rings. The summed E-state index contributed by atoms with van der Waals surface area (Å²) in [7, 11) is 0. The Morgan fingerprint density at radius 1 is 0.914 bits per heavy atom. The first-order valence-electron chi connectivity index (χ1n) is 11.8. The monoisotopic (exact) mass is 486 g/mol. The number of carbonyl (C=O) groups excluding carboxylic acids is 2. The number of hydrogen-bond acceptors (Lipinski definition) is 4. The summed E-state index contributed by atoms with van der Waals surface area (Å²) < 4.78 is 33.6. The molecule has 0 bridgehead atoms. The zero-order chi connectivity index (χ0) is 25.0. The van der Waals surface area contributed by atoms with Gasteiger partial charge in [0, 0.05) is 25.4 Å². The molecular weight excluding hydrogens is 458 g/mol. The number of carbonyl (C=O) groups is 3. The molecule has 7 nitrogen and oxygen atoms in total. The van der Waals surface area contributed by atoms with Crippen LogP contribution >= 0.6 is 0 Å². The lowest BCUT2D eigenvalue weighted by atomic mass is 9.98. The van der Waals surface area contributed by atoms with Crippen LogP contribution in [-0.4, -0.2) is 48.7 Å². The fourth-order valence-electron chi connectivity index (χ4n) is 4.74. The van der Waals surface area contributed by atoms with E-state index in [9.17, 15) is 23.2 Å². The van der Waals surface area contributed by atoms with Crippen molar-refractivity contribution < 1.29 is 33.0 Å². The minimum Gasteiger partial charge on any atom is -0.481 e. The van der Waals surface area contributed by atoms with Gasteiger partial charge >= 0.3 is 12.1 Å². The highest BCUT2D eigenvalue weighted by molar-refractivity contribution is 5.84. The lowest BCUT2D eigenvalue weighted by Crippen LogP contribution is -2.30. The fraction of sp³-hybridized carbons (Fsp3) is 0.423. The average molecular weight is 487 g/mol. The molecule has 2 atom stereocenters. The lowest BCUT2D eigenvalue weighted by Gasteiger charge is -2.14. The molecule has 0 radical (unpaired) electrons. The maximum atomic E-state index is 14.1. The van der Waals surface area contributed by atoms with E-state index in [0.29, 0.717) is 19.3 Å². The van der Waals surface area contributed by atoms with Crippen molar-refractivity contribution in [3.8, 4) is 11.1 Å². The molecule has 2 unspecified atom stereocenters. The first kappa shape index (κ1) is 24.6. The Bertz CT molecular complexity index is 1060. The Hall–Kier alpha value is -3.49. The lowest BCUT2D eigenvalue weighted by molar-refractivity contribution is -0.137. The van der Waals surface area contributed by atoms with E-state index < -0.39 is 35.7 Å². The number of rotatable bonds is 11. The summed E-state index contributed by atoms with van der Waals surface area (Å²) in [5.74, 6) is -7.75. The second-order valence-electron chi connectivity index (χ2n) is 8.96. The molecule has 4 rings (SSSR count). The largest absolute Gasteiger partial charge is 0.481 e. The molecule has 0 heterocycles. The number of carboxylic acid groups (broad SMARTS) is 1. The van der Waals surface area contributed by atoms with Crippen LogP contribution < -0.4 is 10.6 Å². The van der Waals surface area contributed by atoms with Gasteiger partial charge in [0.1, 0.15) is 12.5 Å². The van der Waals surface area contributed by atoms with Crippen LogP contribution in [0.5, 0.6) is 0 Å². The molecule has 0 spiro atoms. The molecule has 2 aromatic carbocycles. The van der Waals surface area contributed by atoms with Crippen molar-refractivity contribution in [1.29, 1.82) is 0 Å². The molecule has 2 amide bonds. The van der Waals surface area contributed by atoms with Gasteiger partial charge in [0.2, 0.25) is 5.91 Å². The molecule has 35 heavy (non-hydrogen) atoms. The number of aliphatic carboxylic acids is 1. The molecule has 3 N–H and O–H groups in total. The van der Waals surface area contributed by atoms with Crippen LogP contribution in [0.2, 0.25) is 0 Å². The van der Waals surface area contributed by atoms with Crippen LogP contribution in [-0.2, 0) is 14.3 Å². The van der Waals surface area contributed by atoms with E-state index in [1.54, 1.807) is 0 Å². The summed E-state index contributed by atoms with van der Waals surface area (Å²) in [5.41, 5.74) is 4.28. The fourth-order valence-corrected chi connectivity index (χ4v) is 4.74. The van der Waals surface area contributed by atoms with Crippen LogP contribution in [0.3, 0.4) is 0 Å². The van der Waals surface area contributed by atoms with Crippen molar-refractivity contribution in [1.82, 2.24) is 10.6 Å². The SMILES string of the molecule is O=C(O)CCCCCNC(=O)C1C(CNC(=O)OCC2c3ccccc3-c3ccccc32)C1(F)F. The van der Waals surface area contributed by atoms with Gasteiger partial charge < -0.3 is 20.5 Å². The van der Waals surface area contributed by atoms with Gasteiger partial charge in [-0.25, -0.2) is 13.6 Å². The molecule has 1 fully saturated rings. The Morgan fingerprint density at radius 2 is 1.54 bits per heavy atom. The summed E-state index contributed by atoms with van der Waals surface area (Å²) >= 11 is 0. The summed E-state index contributed by atoms with van der Waals surface area (Å²) in [6.07, 6.45) is 0.808. The number of ether oxygens (including phenoxy) is 1. The topological polar surface area (TPSA) is 105 Å². The predicted molar refractivity (Wildman–Crippen MR) is 124 cm³/mol. The first-order chi connectivity index (χ1) is 16.8. The van der Waals surface area contributed by atoms with Gasteiger partial charge in [-0.15, -0.1) is 0 Å². The van der Waals surface area contributed by atoms with Gasteiger partial charge in [0.05, 0.1) is 5.92 Å². The van der Waals surface area contributed by atoms with Gasteiger partial charge in [-0.3, -0.25) is 9.59 Å². The normalized spacial score (nSPS) is 19.4. The molecule has 0 saturated heterocycles. The molecular formula is C26H28F2N2O5. The highest BCUT2D eigenvalue weighted by atomic mass is 19.3.